The summed E-state index contributed by atoms with van der Waals surface area (Å²) in [5.41, 5.74) is 0.377. The van der Waals surface area contributed by atoms with Crippen LogP contribution in [-0.2, 0) is 0 Å². The molecule has 6 heteroatoms. The van der Waals surface area contributed by atoms with Crippen LogP contribution in [0.15, 0.2) is 18.2 Å². The van der Waals surface area contributed by atoms with Gasteiger partial charge in [-0.15, -0.1) is 0 Å². The van der Waals surface area contributed by atoms with Crippen molar-refractivity contribution in [3.8, 4) is 5.75 Å². The highest BCUT2D eigenvalue weighted by molar-refractivity contribution is 5.89. The van der Waals surface area contributed by atoms with Crippen LogP contribution in [0.25, 0.3) is 0 Å². The predicted molar refractivity (Wildman–Crippen MR) is 82.6 cm³/mol. The minimum Gasteiger partial charge on any atom is -0.491 e. The third kappa shape index (κ3) is 4.87. The van der Waals surface area contributed by atoms with Crippen molar-refractivity contribution >= 4 is 11.7 Å². The van der Waals surface area contributed by atoms with Crippen molar-refractivity contribution < 1.29 is 19.0 Å². The Morgan fingerprint density at radius 2 is 2.27 bits per heavy atom. The first-order valence-electron chi connectivity index (χ1n) is 7.73. The fraction of sp³-hybridized carbons (Fsp3) is 0.562. The molecule has 1 aromatic carbocycles. The van der Waals surface area contributed by atoms with E-state index in [1.54, 1.807) is 13.0 Å². The Bertz CT molecular complexity index is 510. The van der Waals surface area contributed by atoms with Crippen molar-refractivity contribution in [3.05, 3.63) is 24.0 Å². The summed E-state index contributed by atoms with van der Waals surface area (Å²) in [7, 11) is 0. The van der Waals surface area contributed by atoms with Gasteiger partial charge in [0.15, 0.2) is 11.6 Å². The van der Waals surface area contributed by atoms with Crippen molar-refractivity contribution in [1.82, 2.24) is 5.32 Å². The molecule has 0 heterocycles. The number of anilines is 1. The molecule has 1 saturated carbocycles. The summed E-state index contributed by atoms with van der Waals surface area (Å²) in [6.07, 6.45) is 3.30. The van der Waals surface area contributed by atoms with Crippen molar-refractivity contribution in [3.63, 3.8) is 0 Å². The number of aliphatic hydroxyl groups is 1. The molecule has 1 aliphatic carbocycles. The first-order valence-corrected chi connectivity index (χ1v) is 7.73. The van der Waals surface area contributed by atoms with Gasteiger partial charge in [0.1, 0.15) is 0 Å². The molecule has 2 atom stereocenters. The largest absolute Gasteiger partial charge is 0.491 e. The van der Waals surface area contributed by atoms with E-state index in [0.29, 0.717) is 24.8 Å². The number of hydrogen-bond acceptors (Lipinski definition) is 3. The van der Waals surface area contributed by atoms with Crippen LogP contribution in [0.2, 0.25) is 0 Å². The molecule has 0 spiro atoms. The highest BCUT2D eigenvalue weighted by Crippen LogP contribution is 2.24. The summed E-state index contributed by atoms with van der Waals surface area (Å²) < 4.78 is 18.8. The van der Waals surface area contributed by atoms with Crippen molar-refractivity contribution in [2.45, 2.75) is 38.7 Å². The van der Waals surface area contributed by atoms with Gasteiger partial charge < -0.3 is 20.5 Å². The summed E-state index contributed by atoms with van der Waals surface area (Å²) in [5.74, 6) is -0.0359. The highest BCUT2D eigenvalue weighted by atomic mass is 19.1. The summed E-state index contributed by atoms with van der Waals surface area (Å²) in [6.45, 7) is 2.68. The van der Waals surface area contributed by atoms with Gasteiger partial charge in [-0.3, -0.25) is 0 Å². The van der Waals surface area contributed by atoms with E-state index in [2.05, 4.69) is 10.6 Å². The van der Waals surface area contributed by atoms with Gasteiger partial charge in [0.25, 0.3) is 0 Å². The minimum absolute atomic E-state index is 0.171. The van der Waals surface area contributed by atoms with E-state index < -0.39 is 5.82 Å². The number of halogens is 1. The van der Waals surface area contributed by atoms with E-state index in [0.717, 1.165) is 25.7 Å². The minimum atomic E-state index is -0.505. The summed E-state index contributed by atoms with van der Waals surface area (Å²) in [4.78, 5) is 11.8. The molecule has 3 N–H and O–H groups in total. The maximum Gasteiger partial charge on any atom is 0.319 e. The first kappa shape index (κ1) is 16.5. The van der Waals surface area contributed by atoms with Gasteiger partial charge in [-0.25, -0.2) is 9.18 Å². The van der Waals surface area contributed by atoms with Gasteiger partial charge in [-0.2, -0.15) is 0 Å². The van der Waals surface area contributed by atoms with Crippen LogP contribution in [0.5, 0.6) is 5.75 Å². The van der Waals surface area contributed by atoms with E-state index in [-0.39, 0.29) is 17.9 Å². The standard InChI is InChI=1S/C16H23FN2O3/c1-2-22-15-7-6-12(9-14(15)17)19-16(21)18-10-11-4-3-5-13(20)8-11/h6-7,9,11,13,20H,2-5,8,10H2,1H3,(H2,18,19,21). The first-order chi connectivity index (χ1) is 10.6. The molecule has 0 radical (unpaired) electrons. The van der Waals surface area contributed by atoms with Gasteiger partial charge in [0.05, 0.1) is 12.7 Å². The molecule has 2 rings (SSSR count). The van der Waals surface area contributed by atoms with Crippen LogP contribution in [-0.4, -0.2) is 30.4 Å². The van der Waals surface area contributed by atoms with Gasteiger partial charge in [0.2, 0.25) is 0 Å². The van der Waals surface area contributed by atoms with Crippen LogP contribution < -0.4 is 15.4 Å². The van der Waals surface area contributed by atoms with Gasteiger partial charge in [-0.05, 0) is 44.2 Å². The molecule has 22 heavy (non-hydrogen) atoms. The molecule has 2 amide bonds. The second-order valence-electron chi connectivity index (χ2n) is 5.60. The summed E-state index contributed by atoms with van der Waals surface area (Å²) >= 11 is 0. The molecule has 1 aliphatic rings. The van der Waals surface area contributed by atoms with E-state index in [1.807, 2.05) is 0 Å². The number of ether oxygens (including phenoxy) is 1. The van der Waals surface area contributed by atoms with E-state index in [4.69, 9.17) is 4.74 Å². The summed E-state index contributed by atoms with van der Waals surface area (Å²) in [6, 6.07) is 3.95. The molecule has 2 unspecified atom stereocenters. The topological polar surface area (TPSA) is 70.6 Å². The SMILES string of the molecule is CCOc1ccc(NC(=O)NCC2CCCC(O)C2)cc1F. The monoisotopic (exact) mass is 310 g/mol. The zero-order valence-electron chi connectivity index (χ0n) is 12.8. The Morgan fingerprint density at radius 3 is 2.95 bits per heavy atom. The predicted octanol–water partition coefficient (Wildman–Crippen LogP) is 2.90. The summed E-state index contributed by atoms with van der Waals surface area (Å²) in [5, 5.41) is 15.0. The van der Waals surface area contributed by atoms with Gasteiger partial charge in [0, 0.05) is 18.3 Å². The van der Waals surface area contributed by atoms with Crippen molar-refractivity contribution in [2.24, 2.45) is 5.92 Å². The zero-order valence-corrected chi connectivity index (χ0v) is 12.8. The number of rotatable bonds is 5. The number of urea groups is 1. The molecule has 0 saturated heterocycles. The fourth-order valence-electron chi connectivity index (χ4n) is 2.71. The Kier molecular flexibility index (Phi) is 6.00. The van der Waals surface area contributed by atoms with E-state index in [9.17, 15) is 14.3 Å². The number of aliphatic hydroxyl groups excluding tert-OH is 1. The normalized spacial score (nSPS) is 21.2. The Morgan fingerprint density at radius 1 is 1.45 bits per heavy atom. The van der Waals surface area contributed by atoms with Crippen LogP contribution in [0.3, 0.4) is 0 Å². The van der Waals surface area contributed by atoms with Crippen LogP contribution >= 0.6 is 0 Å². The van der Waals surface area contributed by atoms with Crippen LogP contribution in [0, 0.1) is 11.7 Å². The molecular weight excluding hydrogens is 287 g/mol. The molecular formula is C16H23FN2O3. The Labute approximate surface area is 129 Å². The van der Waals surface area contributed by atoms with E-state index in [1.165, 1.54) is 12.1 Å². The van der Waals surface area contributed by atoms with Gasteiger partial charge in [-0.1, -0.05) is 6.42 Å². The molecule has 122 valence electrons. The second kappa shape index (κ2) is 7.98. The lowest BCUT2D eigenvalue weighted by Crippen LogP contribution is -2.35. The number of hydrogen-bond donors (Lipinski definition) is 3. The molecule has 1 fully saturated rings. The lowest BCUT2D eigenvalue weighted by molar-refractivity contribution is 0.101. The number of nitrogens with one attached hydrogen (secondary N) is 2. The van der Waals surface area contributed by atoms with Crippen molar-refractivity contribution in [2.75, 3.05) is 18.5 Å². The van der Waals surface area contributed by atoms with Crippen LogP contribution in [0.4, 0.5) is 14.9 Å². The average molecular weight is 310 g/mol. The quantitative estimate of drug-likeness (QED) is 0.783. The van der Waals surface area contributed by atoms with Gasteiger partial charge >= 0.3 is 6.03 Å². The average Bonchev–Trinajstić information content (AvgIpc) is 2.48. The molecule has 5 nitrogen and oxygen atoms in total. The van der Waals surface area contributed by atoms with E-state index >= 15 is 0 Å². The van der Waals surface area contributed by atoms with Crippen LogP contribution in [0.1, 0.15) is 32.6 Å². The van der Waals surface area contributed by atoms with Crippen molar-refractivity contribution in [1.29, 1.82) is 0 Å². The highest BCUT2D eigenvalue weighted by Gasteiger charge is 2.20. The zero-order chi connectivity index (χ0) is 15.9. The molecule has 0 bridgehead atoms. The third-order valence-electron chi connectivity index (χ3n) is 3.80. The maximum atomic E-state index is 13.7. The smallest absolute Gasteiger partial charge is 0.319 e. The maximum absolute atomic E-state index is 13.7. The number of carbonyl (C=O) groups excluding carboxylic acids is 1. The molecule has 0 aliphatic heterocycles. The third-order valence-corrected chi connectivity index (χ3v) is 3.80. The molecule has 0 aromatic heterocycles. The second-order valence-corrected chi connectivity index (χ2v) is 5.60. The molecule has 1 aromatic rings. The number of amides is 2. The number of benzene rings is 1. The Hall–Kier alpha value is -1.82. The Balaban J connectivity index is 1.80. The number of carbonyl (C=O) groups is 1. The lowest BCUT2D eigenvalue weighted by Gasteiger charge is -2.25. The lowest BCUT2D eigenvalue weighted by atomic mass is 9.87. The fourth-order valence-corrected chi connectivity index (χ4v) is 2.71.